The molecule has 4 rings (SSSR count). The van der Waals surface area contributed by atoms with Crippen LogP contribution in [-0.2, 0) is 9.59 Å². The van der Waals surface area contributed by atoms with Gasteiger partial charge >= 0.3 is 0 Å². The van der Waals surface area contributed by atoms with Gasteiger partial charge in [0.05, 0.1) is 23.0 Å². The van der Waals surface area contributed by atoms with Gasteiger partial charge in [-0.25, -0.2) is 0 Å². The summed E-state index contributed by atoms with van der Waals surface area (Å²) in [5.74, 6) is -0.126. The molecule has 3 amide bonds. The van der Waals surface area contributed by atoms with Crippen LogP contribution in [0, 0.1) is 0 Å². The second-order valence-electron chi connectivity index (χ2n) is 6.63. The maximum Gasteiger partial charge on any atom is 0.293 e. The van der Waals surface area contributed by atoms with E-state index in [-0.39, 0.29) is 18.9 Å². The summed E-state index contributed by atoms with van der Waals surface area (Å²) in [7, 11) is 1.54. The molecule has 9 heteroatoms. The molecule has 1 aliphatic rings. The highest BCUT2D eigenvalue weighted by molar-refractivity contribution is 8.18. The van der Waals surface area contributed by atoms with Crippen molar-refractivity contribution in [1.29, 1.82) is 0 Å². The summed E-state index contributed by atoms with van der Waals surface area (Å²) in [6.07, 6.45) is 4.78. The van der Waals surface area contributed by atoms with Crippen molar-refractivity contribution in [2.75, 3.05) is 19.0 Å². The van der Waals surface area contributed by atoms with Gasteiger partial charge in [0, 0.05) is 36.6 Å². The van der Waals surface area contributed by atoms with Gasteiger partial charge in [0.15, 0.2) is 0 Å². The van der Waals surface area contributed by atoms with E-state index in [0.29, 0.717) is 27.4 Å². The Balaban J connectivity index is 1.39. The van der Waals surface area contributed by atoms with Gasteiger partial charge in [0.25, 0.3) is 11.1 Å². The molecule has 8 nitrogen and oxygen atoms in total. The molecular formula is C22H18N4O4S. The van der Waals surface area contributed by atoms with E-state index in [0.717, 1.165) is 22.2 Å². The molecule has 0 atom stereocenters. The summed E-state index contributed by atoms with van der Waals surface area (Å²) in [4.78, 5) is 47.1. The first-order chi connectivity index (χ1) is 15.0. The van der Waals surface area contributed by atoms with E-state index in [1.807, 2.05) is 12.1 Å². The fourth-order valence-corrected chi connectivity index (χ4v) is 3.95. The minimum absolute atomic E-state index is 0.00679. The van der Waals surface area contributed by atoms with Crippen molar-refractivity contribution in [1.82, 2.24) is 14.9 Å². The first-order valence-corrected chi connectivity index (χ1v) is 10.3. The minimum Gasteiger partial charge on any atom is -0.496 e. The second kappa shape index (κ2) is 8.97. The van der Waals surface area contributed by atoms with E-state index in [4.69, 9.17) is 4.74 Å². The topological polar surface area (TPSA) is 101 Å². The van der Waals surface area contributed by atoms with Gasteiger partial charge in [0.1, 0.15) is 5.75 Å². The molecular weight excluding hydrogens is 416 g/mol. The molecule has 2 aromatic carbocycles. The van der Waals surface area contributed by atoms with E-state index in [2.05, 4.69) is 15.3 Å². The molecule has 1 N–H and O–H groups in total. The van der Waals surface area contributed by atoms with Crippen molar-refractivity contribution in [3.8, 4) is 5.75 Å². The third-order valence-corrected chi connectivity index (χ3v) is 5.52. The number of nitrogens with zero attached hydrogens (tertiary/aromatic N) is 3. The molecule has 1 fully saturated rings. The number of anilines is 1. The Hall–Kier alpha value is -3.72. The van der Waals surface area contributed by atoms with Gasteiger partial charge in [-0.05, 0) is 42.1 Å². The maximum atomic E-state index is 12.7. The lowest BCUT2D eigenvalue weighted by atomic mass is 10.2. The Morgan fingerprint density at radius 1 is 1.13 bits per heavy atom. The number of fused-ring (bicyclic) bond motifs is 1. The number of rotatable bonds is 6. The summed E-state index contributed by atoms with van der Waals surface area (Å²) in [5, 5.41) is 2.36. The normalized spacial score (nSPS) is 15.0. The highest BCUT2D eigenvalue weighted by Gasteiger charge is 2.35. The van der Waals surface area contributed by atoms with Crippen LogP contribution < -0.4 is 10.1 Å². The summed E-state index contributed by atoms with van der Waals surface area (Å²) >= 11 is 0.849. The summed E-state index contributed by atoms with van der Waals surface area (Å²) in [6, 6.07) is 12.4. The van der Waals surface area contributed by atoms with Crippen molar-refractivity contribution >= 4 is 51.6 Å². The van der Waals surface area contributed by atoms with Gasteiger partial charge in [-0.3, -0.25) is 29.3 Å². The number of imide groups is 1. The Bertz CT molecular complexity index is 1210. The van der Waals surface area contributed by atoms with E-state index >= 15 is 0 Å². The van der Waals surface area contributed by atoms with Crippen LogP contribution in [0.25, 0.3) is 17.1 Å². The van der Waals surface area contributed by atoms with E-state index in [1.54, 1.807) is 55.9 Å². The highest BCUT2D eigenvalue weighted by Crippen LogP contribution is 2.34. The number of carbonyl (C=O) groups is 3. The molecule has 0 radical (unpaired) electrons. The van der Waals surface area contributed by atoms with Crippen molar-refractivity contribution in [3.63, 3.8) is 0 Å². The maximum absolute atomic E-state index is 12.7. The lowest BCUT2D eigenvalue weighted by Gasteiger charge is -2.12. The van der Waals surface area contributed by atoms with Gasteiger partial charge in [-0.1, -0.05) is 18.2 Å². The molecule has 2 heterocycles. The van der Waals surface area contributed by atoms with Gasteiger partial charge in [0.2, 0.25) is 5.91 Å². The first kappa shape index (κ1) is 20.5. The zero-order valence-corrected chi connectivity index (χ0v) is 17.4. The molecule has 0 bridgehead atoms. The van der Waals surface area contributed by atoms with Crippen molar-refractivity contribution in [2.45, 2.75) is 6.42 Å². The summed E-state index contributed by atoms with van der Waals surface area (Å²) < 4.78 is 5.28. The van der Waals surface area contributed by atoms with Crippen LogP contribution in [0.1, 0.15) is 12.0 Å². The second-order valence-corrected chi connectivity index (χ2v) is 7.63. The minimum atomic E-state index is -0.422. The average Bonchev–Trinajstić information content (AvgIpc) is 3.05. The molecule has 0 unspecified atom stereocenters. The summed E-state index contributed by atoms with van der Waals surface area (Å²) in [5.41, 5.74) is 2.66. The molecule has 1 aliphatic heterocycles. The number of thioether (sulfide) groups is 1. The fourth-order valence-electron chi connectivity index (χ4n) is 3.10. The third kappa shape index (κ3) is 4.56. The van der Waals surface area contributed by atoms with Crippen LogP contribution in [-0.4, -0.2) is 45.6 Å². The van der Waals surface area contributed by atoms with Gasteiger partial charge < -0.3 is 10.1 Å². The Kier molecular flexibility index (Phi) is 5.94. The van der Waals surface area contributed by atoms with Gasteiger partial charge in [-0.15, -0.1) is 0 Å². The Labute approximate surface area is 182 Å². The third-order valence-electron chi connectivity index (χ3n) is 4.61. The largest absolute Gasteiger partial charge is 0.496 e. The van der Waals surface area contributed by atoms with Gasteiger partial charge in [-0.2, -0.15) is 0 Å². The van der Waals surface area contributed by atoms with Crippen LogP contribution in [0.3, 0.4) is 0 Å². The van der Waals surface area contributed by atoms with Crippen molar-refractivity contribution in [2.24, 2.45) is 0 Å². The van der Waals surface area contributed by atoms with E-state index in [9.17, 15) is 14.4 Å². The molecule has 1 saturated heterocycles. The predicted molar refractivity (Wildman–Crippen MR) is 118 cm³/mol. The van der Waals surface area contributed by atoms with Crippen LogP contribution in [0.5, 0.6) is 5.75 Å². The monoisotopic (exact) mass is 434 g/mol. The predicted octanol–water partition coefficient (Wildman–Crippen LogP) is 3.70. The lowest BCUT2D eigenvalue weighted by molar-refractivity contribution is -0.123. The zero-order chi connectivity index (χ0) is 21.8. The number of benzene rings is 2. The Morgan fingerprint density at radius 2 is 1.90 bits per heavy atom. The van der Waals surface area contributed by atoms with Crippen LogP contribution in [0.2, 0.25) is 0 Å². The van der Waals surface area contributed by atoms with Crippen LogP contribution >= 0.6 is 11.8 Å². The molecule has 0 spiro atoms. The number of carbonyl (C=O) groups excluding carboxylic acids is 3. The highest BCUT2D eigenvalue weighted by atomic mass is 32.2. The van der Waals surface area contributed by atoms with Crippen molar-refractivity contribution < 1.29 is 19.1 Å². The smallest absolute Gasteiger partial charge is 0.293 e. The molecule has 31 heavy (non-hydrogen) atoms. The molecule has 0 saturated carbocycles. The average molecular weight is 434 g/mol. The number of aromatic nitrogens is 2. The number of ether oxygens (including phenoxy) is 1. The SMILES string of the molecule is COc1ccccc1C=C1SC(=O)N(CCC(=O)Nc2ccc3nccnc3c2)C1=O. The standard InChI is InChI=1S/C22H18N4O4S/c1-30-18-5-3-2-4-14(18)12-19-21(28)26(22(29)31-19)11-8-20(27)25-15-6-7-16-17(13-15)24-10-9-23-16/h2-7,9-10,12-13H,8,11H2,1H3,(H,25,27). The molecule has 156 valence electrons. The number of nitrogens with one attached hydrogen (secondary N) is 1. The van der Waals surface area contributed by atoms with Crippen LogP contribution in [0.4, 0.5) is 10.5 Å². The van der Waals surface area contributed by atoms with Crippen molar-refractivity contribution in [3.05, 3.63) is 65.3 Å². The number of para-hydroxylation sites is 1. The van der Waals surface area contributed by atoms with E-state index < -0.39 is 11.1 Å². The fraction of sp³-hybridized carbons (Fsp3) is 0.136. The Morgan fingerprint density at radius 3 is 2.71 bits per heavy atom. The number of methoxy groups -OCH3 is 1. The molecule has 0 aliphatic carbocycles. The quantitative estimate of drug-likeness (QED) is 0.590. The summed E-state index contributed by atoms with van der Waals surface area (Å²) in [6.45, 7) is -0.00679. The zero-order valence-electron chi connectivity index (χ0n) is 16.6. The van der Waals surface area contributed by atoms with E-state index in [1.165, 1.54) is 0 Å². The number of hydrogen-bond acceptors (Lipinski definition) is 7. The first-order valence-electron chi connectivity index (χ1n) is 9.44. The lowest BCUT2D eigenvalue weighted by Crippen LogP contribution is -2.31. The van der Waals surface area contributed by atoms with Crippen LogP contribution in [0.15, 0.2) is 59.8 Å². The molecule has 3 aromatic rings. The number of hydrogen-bond donors (Lipinski definition) is 1. The number of amides is 3. The molecule has 1 aromatic heterocycles.